The van der Waals surface area contributed by atoms with E-state index in [2.05, 4.69) is 46.9 Å². The quantitative estimate of drug-likeness (QED) is 0.806. The number of carbonyl (C=O) groups is 1. The number of thiophene rings is 1. The van der Waals surface area contributed by atoms with Gasteiger partial charge in [0.2, 0.25) is 0 Å². The number of rotatable bonds is 4. The van der Waals surface area contributed by atoms with Gasteiger partial charge in [-0.3, -0.25) is 4.79 Å². The van der Waals surface area contributed by atoms with Crippen LogP contribution in [0.2, 0.25) is 0 Å². The van der Waals surface area contributed by atoms with Crippen molar-refractivity contribution in [3.05, 3.63) is 46.3 Å². The van der Waals surface area contributed by atoms with Crippen molar-refractivity contribution in [2.45, 2.75) is 33.1 Å². The number of aldehydes is 1. The van der Waals surface area contributed by atoms with Crippen molar-refractivity contribution in [1.82, 2.24) is 9.97 Å². The Kier molecular flexibility index (Phi) is 6.61. The minimum Gasteiger partial charge on any atom is -0.397 e. The second kappa shape index (κ2) is 8.69. The van der Waals surface area contributed by atoms with E-state index in [1.54, 1.807) is 0 Å². The van der Waals surface area contributed by atoms with Crippen LogP contribution in [0.3, 0.4) is 0 Å². The van der Waals surface area contributed by atoms with Gasteiger partial charge in [0.25, 0.3) is 0 Å². The molecule has 1 aliphatic carbocycles. The average Bonchev–Trinajstić information content (AvgIpc) is 2.79. The summed E-state index contributed by atoms with van der Waals surface area (Å²) in [7, 11) is 1.50. The first-order chi connectivity index (χ1) is 12.1. The van der Waals surface area contributed by atoms with Crippen LogP contribution in [0.5, 0.6) is 0 Å². The van der Waals surface area contributed by atoms with Gasteiger partial charge in [0.1, 0.15) is 4.83 Å². The van der Waals surface area contributed by atoms with Gasteiger partial charge in [0, 0.05) is 5.57 Å². The van der Waals surface area contributed by atoms with Gasteiger partial charge >= 0.3 is 0 Å². The highest BCUT2D eigenvalue weighted by Crippen LogP contribution is 2.34. The Balaban J connectivity index is 0.00000109. The Labute approximate surface area is 152 Å². The van der Waals surface area contributed by atoms with E-state index in [1.165, 1.54) is 24.0 Å². The summed E-state index contributed by atoms with van der Waals surface area (Å²) in [6.07, 6.45) is 12.5. The summed E-state index contributed by atoms with van der Waals surface area (Å²) in [5, 5.41) is 0.795. The molecule has 0 fully saturated rings. The highest BCUT2D eigenvalue weighted by Gasteiger charge is 2.15. The minimum atomic E-state index is 0.487. The molecule has 132 valence electrons. The molecular weight excluding hydrogens is 332 g/mol. The lowest BCUT2D eigenvalue weighted by Gasteiger charge is -2.04. The lowest BCUT2D eigenvalue weighted by atomic mass is 10.1. The molecular formula is C19H24N4OS. The SMILES string of the molecule is CCCC1=CCC=C(c2nc(C)c3c(N)c(C=O)sc3n2)C=C1.CN. The van der Waals surface area contributed by atoms with Crippen LogP contribution in [0.4, 0.5) is 5.69 Å². The van der Waals surface area contributed by atoms with Crippen molar-refractivity contribution in [3.8, 4) is 0 Å². The highest BCUT2D eigenvalue weighted by atomic mass is 32.1. The lowest BCUT2D eigenvalue weighted by Crippen LogP contribution is -1.97. The molecule has 0 spiro atoms. The molecule has 2 heterocycles. The standard InChI is InChI=1S/C18H19N3OS.CH5N/c1-3-5-12-6-4-7-13(9-8-12)17-20-11(2)15-16(19)14(10-22)23-18(15)21-17;1-2/h6-10H,3-5,19H2,1-2H3;2H2,1H3. The maximum absolute atomic E-state index is 11.1. The van der Waals surface area contributed by atoms with Crippen LogP contribution in [0.25, 0.3) is 15.8 Å². The summed E-state index contributed by atoms with van der Waals surface area (Å²) in [6, 6.07) is 0. The number of aryl methyl sites for hydroxylation is 1. The van der Waals surface area contributed by atoms with Crippen molar-refractivity contribution in [1.29, 1.82) is 0 Å². The third-order valence-electron chi connectivity index (χ3n) is 3.90. The number of aromatic nitrogens is 2. The van der Waals surface area contributed by atoms with Gasteiger partial charge in [-0.25, -0.2) is 9.97 Å². The third kappa shape index (κ3) is 4.03. The second-order valence-electron chi connectivity index (χ2n) is 5.57. The number of anilines is 1. The summed E-state index contributed by atoms with van der Waals surface area (Å²) in [6.45, 7) is 4.09. The van der Waals surface area contributed by atoms with Gasteiger partial charge in [0.15, 0.2) is 12.1 Å². The highest BCUT2D eigenvalue weighted by molar-refractivity contribution is 7.20. The fourth-order valence-corrected chi connectivity index (χ4v) is 3.70. The second-order valence-corrected chi connectivity index (χ2v) is 6.60. The molecule has 0 radical (unpaired) electrons. The van der Waals surface area contributed by atoms with Gasteiger partial charge in [0.05, 0.1) is 21.6 Å². The van der Waals surface area contributed by atoms with Gasteiger partial charge in [-0.1, -0.05) is 43.2 Å². The number of hydrogen-bond donors (Lipinski definition) is 2. The van der Waals surface area contributed by atoms with Crippen molar-refractivity contribution in [2.24, 2.45) is 5.73 Å². The maximum Gasteiger partial charge on any atom is 0.162 e. The zero-order valence-corrected chi connectivity index (χ0v) is 15.7. The normalized spacial score (nSPS) is 13.6. The monoisotopic (exact) mass is 356 g/mol. The predicted octanol–water partition coefficient (Wildman–Crippen LogP) is 4.04. The number of carbonyl (C=O) groups excluding carboxylic acids is 1. The third-order valence-corrected chi connectivity index (χ3v) is 4.92. The molecule has 5 nitrogen and oxygen atoms in total. The zero-order chi connectivity index (χ0) is 18.4. The Morgan fingerprint density at radius 3 is 2.68 bits per heavy atom. The molecule has 0 aliphatic heterocycles. The zero-order valence-electron chi connectivity index (χ0n) is 14.9. The fourth-order valence-electron chi connectivity index (χ4n) is 2.74. The summed E-state index contributed by atoms with van der Waals surface area (Å²) in [5.74, 6) is 0.691. The van der Waals surface area contributed by atoms with E-state index in [-0.39, 0.29) is 0 Å². The van der Waals surface area contributed by atoms with Crippen molar-refractivity contribution in [2.75, 3.05) is 12.8 Å². The minimum absolute atomic E-state index is 0.487. The fraction of sp³-hybridized carbons (Fsp3) is 0.316. The molecule has 4 N–H and O–H groups in total. The summed E-state index contributed by atoms with van der Waals surface area (Å²) < 4.78 is 0. The molecule has 0 saturated carbocycles. The van der Waals surface area contributed by atoms with Gasteiger partial charge < -0.3 is 11.5 Å². The molecule has 0 aromatic carbocycles. The van der Waals surface area contributed by atoms with Gasteiger partial charge in [-0.15, -0.1) is 11.3 Å². The first-order valence-electron chi connectivity index (χ1n) is 8.31. The number of nitrogens with zero attached hydrogens (tertiary/aromatic N) is 2. The van der Waals surface area contributed by atoms with E-state index in [0.717, 1.165) is 47.0 Å². The van der Waals surface area contributed by atoms with Crippen LogP contribution in [-0.4, -0.2) is 23.3 Å². The molecule has 25 heavy (non-hydrogen) atoms. The van der Waals surface area contributed by atoms with Crippen LogP contribution in [0.15, 0.2) is 29.9 Å². The topological polar surface area (TPSA) is 94.9 Å². The first kappa shape index (κ1) is 19.0. The van der Waals surface area contributed by atoms with E-state index in [0.29, 0.717) is 16.4 Å². The summed E-state index contributed by atoms with van der Waals surface area (Å²) in [5.41, 5.74) is 14.2. The van der Waals surface area contributed by atoms with Crippen LogP contribution in [0.1, 0.15) is 47.4 Å². The number of nitrogen functional groups attached to an aromatic ring is 1. The molecule has 1 aliphatic rings. The van der Waals surface area contributed by atoms with Crippen LogP contribution < -0.4 is 11.5 Å². The maximum atomic E-state index is 11.1. The number of fused-ring (bicyclic) bond motifs is 1. The first-order valence-corrected chi connectivity index (χ1v) is 9.12. The molecule has 2 aromatic rings. The predicted molar refractivity (Wildman–Crippen MR) is 107 cm³/mol. The number of allylic oxidation sites excluding steroid dienone is 6. The Hall–Kier alpha value is -2.31. The number of hydrogen-bond acceptors (Lipinski definition) is 6. The van der Waals surface area contributed by atoms with Crippen molar-refractivity contribution in [3.63, 3.8) is 0 Å². The van der Waals surface area contributed by atoms with Gasteiger partial charge in [-0.05, 0) is 26.8 Å². The van der Waals surface area contributed by atoms with Crippen LogP contribution in [-0.2, 0) is 0 Å². The molecule has 6 heteroatoms. The largest absolute Gasteiger partial charge is 0.397 e. The molecule has 0 unspecified atom stereocenters. The van der Waals surface area contributed by atoms with E-state index >= 15 is 0 Å². The number of nitrogens with two attached hydrogens (primary N) is 2. The molecule has 0 amide bonds. The smallest absolute Gasteiger partial charge is 0.162 e. The Morgan fingerprint density at radius 1 is 1.24 bits per heavy atom. The van der Waals surface area contributed by atoms with E-state index in [9.17, 15) is 4.79 Å². The molecule has 0 saturated heterocycles. The van der Waals surface area contributed by atoms with E-state index in [1.807, 2.05) is 6.92 Å². The summed E-state index contributed by atoms with van der Waals surface area (Å²) in [4.78, 5) is 21.6. The Bertz CT molecular complexity index is 862. The van der Waals surface area contributed by atoms with Crippen LogP contribution >= 0.6 is 11.3 Å². The average molecular weight is 356 g/mol. The molecule has 0 atom stereocenters. The van der Waals surface area contributed by atoms with E-state index < -0.39 is 0 Å². The van der Waals surface area contributed by atoms with Crippen molar-refractivity contribution < 1.29 is 4.79 Å². The molecule has 0 bridgehead atoms. The summed E-state index contributed by atoms with van der Waals surface area (Å²) >= 11 is 1.32. The molecule has 2 aromatic heterocycles. The van der Waals surface area contributed by atoms with E-state index in [4.69, 9.17) is 5.73 Å². The lowest BCUT2D eigenvalue weighted by molar-refractivity contribution is 0.112. The molecule has 3 rings (SSSR count). The van der Waals surface area contributed by atoms with Crippen LogP contribution in [0, 0.1) is 6.92 Å². The Morgan fingerprint density at radius 2 is 2.00 bits per heavy atom. The van der Waals surface area contributed by atoms with Crippen molar-refractivity contribution >= 4 is 39.1 Å². The van der Waals surface area contributed by atoms with Gasteiger partial charge in [-0.2, -0.15) is 0 Å².